The normalized spacial score (nSPS) is 23.2. The van der Waals surface area contributed by atoms with Gasteiger partial charge in [-0.2, -0.15) is 0 Å². The number of carbonyl (C=O) groups excluding carboxylic acids is 2. The van der Waals surface area contributed by atoms with Gasteiger partial charge in [0.05, 0.1) is 6.42 Å². The molecule has 2 aliphatic heterocycles. The summed E-state index contributed by atoms with van der Waals surface area (Å²) in [6, 6.07) is 16.2. The van der Waals surface area contributed by atoms with Gasteiger partial charge in [0.25, 0.3) is 5.91 Å². The Morgan fingerprint density at radius 3 is 2.68 bits per heavy atom. The maximum atomic E-state index is 13.5. The zero-order chi connectivity index (χ0) is 19.9. The van der Waals surface area contributed by atoms with Crippen molar-refractivity contribution in [3.05, 3.63) is 65.2 Å². The van der Waals surface area contributed by atoms with Crippen LogP contribution in [0.4, 0.5) is 5.69 Å². The Labute approximate surface area is 166 Å². The molecule has 0 aliphatic carbocycles. The van der Waals surface area contributed by atoms with Crippen LogP contribution >= 0.6 is 0 Å². The first-order valence-electron chi connectivity index (χ1n) is 10.1. The van der Waals surface area contributed by atoms with Crippen LogP contribution in [0.25, 0.3) is 0 Å². The minimum absolute atomic E-state index is 0.00511. The van der Waals surface area contributed by atoms with Crippen LogP contribution in [0.15, 0.2) is 48.5 Å². The van der Waals surface area contributed by atoms with Crippen LogP contribution < -0.4 is 5.32 Å². The predicted octanol–water partition coefficient (Wildman–Crippen LogP) is 4.30. The lowest BCUT2D eigenvalue weighted by molar-refractivity contribution is -0.115. The van der Waals surface area contributed by atoms with Gasteiger partial charge in [0.2, 0.25) is 5.91 Å². The van der Waals surface area contributed by atoms with Crippen molar-refractivity contribution in [1.29, 1.82) is 0 Å². The summed E-state index contributed by atoms with van der Waals surface area (Å²) in [4.78, 5) is 27.2. The number of fused-ring (bicyclic) bond motifs is 1. The molecule has 2 heterocycles. The van der Waals surface area contributed by atoms with Crippen LogP contribution in [0.5, 0.6) is 0 Å². The van der Waals surface area contributed by atoms with Crippen LogP contribution in [-0.4, -0.2) is 29.3 Å². The minimum Gasteiger partial charge on any atom is -0.335 e. The topological polar surface area (TPSA) is 49.4 Å². The molecule has 0 aromatic heterocycles. The number of rotatable bonds is 3. The van der Waals surface area contributed by atoms with Gasteiger partial charge < -0.3 is 10.2 Å². The molecule has 1 unspecified atom stereocenters. The van der Waals surface area contributed by atoms with Crippen molar-refractivity contribution in [2.24, 2.45) is 11.3 Å². The lowest BCUT2D eigenvalue weighted by atomic mass is 9.67. The fourth-order valence-corrected chi connectivity index (χ4v) is 4.57. The molecule has 146 valence electrons. The van der Waals surface area contributed by atoms with E-state index >= 15 is 0 Å². The lowest BCUT2D eigenvalue weighted by Crippen LogP contribution is -2.56. The third kappa shape index (κ3) is 3.32. The first kappa shape index (κ1) is 18.7. The Hall–Kier alpha value is -2.62. The highest BCUT2D eigenvalue weighted by molar-refractivity contribution is 6.01. The molecule has 1 N–H and O–H groups in total. The monoisotopic (exact) mass is 376 g/mol. The maximum absolute atomic E-state index is 13.5. The molecule has 0 saturated carbocycles. The molecule has 2 aromatic rings. The number of likely N-dealkylation sites (tertiary alicyclic amines) is 1. The number of anilines is 1. The van der Waals surface area contributed by atoms with Crippen LogP contribution in [0.1, 0.15) is 48.7 Å². The zero-order valence-electron chi connectivity index (χ0n) is 16.9. The molecule has 4 nitrogen and oxygen atoms in total. The summed E-state index contributed by atoms with van der Waals surface area (Å²) in [5.41, 5.74) is 3.71. The number of hydrogen-bond donors (Lipinski definition) is 1. The van der Waals surface area contributed by atoms with Gasteiger partial charge in [0.15, 0.2) is 0 Å². The number of carbonyl (C=O) groups is 2. The molecule has 2 amide bonds. The van der Waals surface area contributed by atoms with Gasteiger partial charge in [-0.05, 0) is 53.5 Å². The maximum Gasteiger partial charge on any atom is 0.254 e. The number of hydrogen-bond acceptors (Lipinski definition) is 2. The first-order valence-corrected chi connectivity index (χ1v) is 10.1. The second-order valence-corrected chi connectivity index (χ2v) is 8.81. The van der Waals surface area contributed by atoms with Gasteiger partial charge in [-0.1, -0.05) is 51.1 Å². The second-order valence-electron chi connectivity index (χ2n) is 8.81. The Morgan fingerprint density at radius 1 is 1.18 bits per heavy atom. The number of benzene rings is 2. The molecule has 2 aliphatic rings. The summed E-state index contributed by atoms with van der Waals surface area (Å²) < 4.78 is 0. The van der Waals surface area contributed by atoms with E-state index in [9.17, 15) is 9.59 Å². The van der Waals surface area contributed by atoms with Crippen molar-refractivity contribution in [2.75, 3.05) is 11.9 Å². The zero-order valence-corrected chi connectivity index (χ0v) is 16.9. The molecule has 28 heavy (non-hydrogen) atoms. The van der Waals surface area contributed by atoms with Crippen LogP contribution in [0, 0.1) is 11.3 Å². The average molecular weight is 377 g/mol. The van der Waals surface area contributed by atoms with Crippen molar-refractivity contribution in [3.63, 3.8) is 0 Å². The van der Waals surface area contributed by atoms with E-state index in [4.69, 9.17) is 0 Å². The molecular weight excluding hydrogens is 348 g/mol. The van der Waals surface area contributed by atoms with E-state index in [2.05, 4.69) is 55.3 Å². The van der Waals surface area contributed by atoms with Crippen molar-refractivity contribution < 1.29 is 9.59 Å². The summed E-state index contributed by atoms with van der Waals surface area (Å²) >= 11 is 0. The SMILES string of the molecule is CC1CCN(C(=O)c2ccc3c(c2)CC(=O)N3)[C@H](Cc2ccccc2)C1(C)C. The summed E-state index contributed by atoms with van der Waals surface area (Å²) in [6.07, 6.45) is 2.22. The minimum atomic E-state index is -0.00511. The van der Waals surface area contributed by atoms with Crippen LogP contribution in [-0.2, 0) is 17.6 Å². The van der Waals surface area contributed by atoms with E-state index in [0.717, 1.165) is 30.6 Å². The standard InChI is InChI=1S/C24H28N2O2/c1-16-11-12-26(21(24(16,2)3)13-17-7-5-4-6-8-17)23(28)18-9-10-20-19(14-18)15-22(27)25-20/h4-10,14,16,21H,11-13,15H2,1-3H3,(H,25,27)/t16?,21-/m1/s1. The summed E-state index contributed by atoms with van der Waals surface area (Å²) in [7, 11) is 0. The van der Waals surface area contributed by atoms with Crippen molar-refractivity contribution in [3.8, 4) is 0 Å². The first-order chi connectivity index (χ1) is 13.4. The number of amides is 2. The van der Waals surface area contributed by atoms with E-state index in [-0.39, 0.29) is 23.3 Å². The summed E-state index contributed by atoms with van der Waals surface area (Å²) in [5, 5.41) is 2.84. The fourth-order valence-electron chi connectivity index (χ4n) is 4.57. The smallest absolute Gasteiger partial charge is 0.254 e. The Bertz CT molecular complexity index is 904. The average Bonchev–Trinajstić information content (AvgIpc) is 3.05. The second kappa shape index (κ2) is 7.08. The van der Waals surface area contributed by atoms with E-state index < -0.39 is 0 Å². The van der Waals surface area contributed by atoms with Crippen molar-refractivity contribution in [1.82, 2.24) is 4.90 Å². The van der Waals surface area contributed by atoms with E-state index in [1.165, 1.54) is 5.56 Å². The van der Waals surface area contributed by atoms with Gasteiger partial charge in [0, 0.05) is 23.8 Å². The molecule has 4 rings (SSSR count). The van der Waals surface area contributed by atoms with Crippen LogP contribution in [0.2, 0.25) is 0 Å². The van der Waals surface area contributed by atoms with E-state index in [1.807, 2.05) is 24.3 Å². The van der Waals surface area contributed by atoms with Gasteiger partial charge >= 0.3 is 0 Å². The van der Waals surface area contributed by atoms with Crippen molar-refractivity contribution in [2.45, 2.75) is 46.1 Å². The molecule has 0 radical (unpaired) electrons. The Morgan fingerprint density at radius 2 is 1.93 bits per heavy atom. The van der Waals surface area contributed by atoms with Gasteiger partial charge in [0.1, 0.15) is 0 Å². The fraction of sp³-hybridized carbons (Fsp3) is 0.417. The largest absolute Gasteiger partial charge is 0.335 e. The van der Waals surface area contributed by atoms with Crippen LogP contribution in [0.3, 0.4) is 0 Å². The quantitative estimate of drug-likeness (QED) is 0.868. The summed E-state index contributed by atoms with van der Waals surface area (Å²) in [5.74, 6) is 0.615. The van der Waals surface area contributed by atoms with E-state index in [0.29, 0.717) is 17.9 Å². The van der Waals surface area contributed by atoms with Crippen molar-refractivity contribution >= 4 is 17.5 Å². The predicted molar refractivity (Wildman–Crippen MR) is 111 cm³/mol. The summed E-state index contributed by atoms with van der Waals surface area (Å²) in [6.45, 7) is 7.65. The molecule has 2 aromatic carbocycles. The Balaban J connectivity index is 1.65. The van der Waals surface area contributed by atoms with Gasteiger partial charge in [-0.3, -0.25) is 9.59 Å². The van der Waals surface area contributed by atoms with Gasteiger partial charge in [-0.15, -0.1) is 0 Å². The Kier molecular flexibility index (Phi) is 4.74. The molecular formula is C24H28N2O2. The highest BCUT2D eigenvalue weighted by Crippen LogP contribution is 2.42. The number of nitrogens with one attached hydrogen (secondary N) is 1. The highest BCUT2D eigenvalue weighted by Gasteiger charge is 2.44. The molecule has 4 heteroatoms. The molecule has 2 atom stereocenters. The third-order valence-electron chi connectivity index (χ3n) is 6.82. The third-order valence-corrected chi connectivity index (χ3v) is 6.82. The molecule has 0 bridgehead atoms. The number of piperidine rings is 1. The number of nitrogens with zero attached hydrogens (tertiary/aromatic N) is 1. The molecule has 0 spiro atoms. The lowest BCUT2D eigenvalue weighted by Gasteiger charge is -2.50. The highest BCUT2D eigenvalue weighted by atomic mass is 16.2. The van der Waals surface area contributed by atoms with Gasteiger partial charge in [-0.25, -0.2) is 0 Å². The molecule has 1 saturated heterocycles. The van der Waals surface area contributed by atoms with E-state index in [1.54, 1.807) is 0 Å². The molecule has 1 fully saturated rings.